The Labute approximate surface area is 141 Å². The lowest BCUT2D eigenvalue weighted by molar-refractivity contribution is -0.388. The van der Waals surface area contributed by atoms with E-state index in [1.807, 2.05) is 0 Å². The number of hydrogen-bond acceptors (Lipinski definition) is 5. The van der Waals surface area contributed by atoms with Crippen LogP contribution in [0.15, 0.2) is 36.4 Å². The molecule has 2 rings (SSSR count). The van der Waals surface area contributed by atoms with Crippen LogP contribution in [0, 0.1) is 10.1 Å². The van der Waals surface area contributed by atoms with Gasteiger partial charge in [0.2, 0.25) is 0 Å². The third-order valence-corrected chi connectivity index (χ3v) is 2.82. The zero-order chi connectivity index (χ0) is 20.3. The summed E-state index contributed by atoms with van der Waals surface area (Å²) in [5, 5.41) is 27.7. The van der Waals surface area contributed by atoms with Gasteiger partial charge in [-0.05, 0) is 30.3 Å². The SMILES string of the molecule is Nc1ccc(O)cc1C(F)(F)F.O=[N+]([O-])c1ccc(O)cc1C(F)(F)F. The van der Waals surface area contributed by atoms with Gasteiger partial charge in [0, 0.05) is 11.8 Å². The minimum absolute atomic E-state index is 0.318. The van der Waals surface area contributed by atoms with Gasteiger partial charge < -0.3 is 15.9 Å². The van der Waals surface area contributed by atoms with Crippen molar-refractivity contribution in [2.45, 2.75) is 12.4 Å². The molecule has 0 amide bonds. The summed E-state index contributed by atoms with van der Waals surface area (Å²) in [7, 11) is 0. The number of anilines is 1. The Morgan fingerprint density at radius 3 is 1.65 bits per heavy atom. The second-order valence-corrected chi connectivity index (χ2v) is 4.73. The quantitative estimate of drug-likeness (QED) is 0.223. The first-order valence-corrected chi connectivity index (χ1v) is 6.43. The molecule has 0 aliphatic rings. The first-order valence-electron chi connectivity index (χ1n) is 6.43. The highest BCUT2D eigenvalue weighted by Gasteiger charge is 2.38. The summed E-state index contributed by atoms with van der Waals surface area (Å²) in [4.78, 5) is 9.05. The summed E-state index contributed by atoms with van der Waals surface area (Å²) in [6, 6.07) is 4.46. The fourth-order valence-electron chi connectivity index (χ4n) is 1.70. The summed E-state index contributed by atoms with van der Waals surface area (Å²) in [5.74, 6) is -1.11. The number of phenolic OH excluding ortho intramolecular Hbond substituents is 2. The van der Waals surface area contributed by atoms with Crippen LogP contribution < -0.4 is 5.73 Å². The molecule has 4 N–H and O–H groups in total. The Morgan fingerprint density at radius 2 is 1.27 bits per heavy atom. The Balaban J connectivity index is 0.000000263. The van der Waals surface area contributed by atoms with E-state index >= 15 is 0 Å². The van der Waals surface area contributed by atoms with E-state index < -0.39 is 45.6 Å². The van der Waals surface area contributed by atoms with Gasteiger partial charge in [0.15, 0.2) is 0 Å². The molecule has 6 nitrogen and oxygen atoms in total. The minimum Gasteiger partial charge on any atom is -0.508 e. The number of rotatable bonds is 1. The molecule has 2 aromatic rings. The molecular weight excluding hydrogens is 374 g/mol. The highest BCUT2D eigenvalue weighted by molar-refractivity contribution is 5.51. The molecule has 26 heavy (non-hydrogen) atoms. The van der Waals surface area contributed by atoms with Crippen molar-refractivity contribution in [1.29, 1.82) is 0 Å². The Morgan fingerprint density at radius 1 is 0.846 bits per heavy atom. The molecular formula is C14H10F6N2O4. The van der Waals surface area contributed by atoms with Crippen LogP contribution >= 0.6 is 0 Å². The molecule has 0 atom stereocenters. The lowest BCUT2D eigenvalue weighted by Crippen LogP contribution is -2.08. The Bertz CT molecular complexity index is 805. The van der Waals surface area contributed by atoms with Crippen LogP contribution in [0.25, 0.3) is 0 Å². The number of nitro groups is 1. The van der Waals surface area contributed by atoms with E-state index in [2.05, 4.69) is 0 Å². The number of nitrogens with zero attached hydrogens (tertiary/aromatic N) is 1. The van der Waals surface area contributed by atoms with Gasteiger partial charge in [-0.15, -0.1) is 0 Å². The van der Waals surface area contributed by atoms with Gasteiger partial charge in [-0.25, -0.2) is 0 Å². The number of phenols is 2. The van der Waals surface area contributed by atoms with Gasteiger partial charge in [-0.1, -0.05) is 0 Å². The van der Waals surface area contributed by atoms with Gasteiger partial charge in [0.1, 0.15) is 17.1 Å². The van der Waals surface area contributed by atoms with Crippen LogP contribution in [0.5, 0.6) is 11.5 Å². The van der Waals surface area contributed by atoms with E-state index in [0.29, 0.717) is 18.2 Å². The highest BCUT2D eigenvalue weighted by Crippen LogP contribution is 2.37. The van der Waals surface area contributed by atoms with Crippen LogP contribution in [-0.2, 0) is 12.4 Å². The molecule has 0 fully saturated rings. The second-order valence-electron chi connectivity index (χ2n) is 4.73. The van der Waals surface area contributed by atoms with Crippen molar-refractivity contribution in [3.05, 3.63) is 57.6 Å². The van der Waals surface area contributed by atoms with E-state index in [4.69, 9.17) is 15.9 Å². The fourth-order valence-corrected chi connectivity index (χ4v) is 1.70. The van der Waals surface area contributed by atoms with Crippen molar-refractivity contribution in [3.63, 3.8) is 0 Å². The number of benzene rings is 2. The third-order valence-electron chi connectivity index (χ3n) is 2.82. The molecule has 0 bridgehead atoms. The summed E-state index contributed by atoms with van der Waals surface area (Å²) in [5.41, 5.74) is 1.11. The maximum atomic E-state index is 12.2. The zero-order valence-corrected chi connectivity index (χ0v) is 12.5. The zero-order valence-electron chi connectivity index (χ0n) is 12.5. The van der Waals surface area contributed by atoms with Gasteiger partial charge in [-0.3, -0.25) is 10.1 Å². The Hall–Kier alpha value is -3.18. The van der Waals surface area contributed by atoms with Crippen molar-refractivity contribution in [2.24, 2.45) is 0 Å². The number of halogens is 6. The average molecular weight is 384 g/mol. The second kappa shape index (κ2) is 7.37. The van der Waals surface area contributed by atoms with E-state index in [1.54, 1.807) is 0 Å². The van der Waals surface area contributed by atoms with Crippen LogP contribution in [0.2, 0.25) is 0 Å². The monoisotopic (exact) mass is 384 g/mol. The standard InChI is InChI=1S/C7H4F3NO3.C7H6F3NO/c8-7(9,10)5-3-4(12)1-2-6(5)11(13)14;8-7(9,10)5-3-4(12)1-2-6(5)11/h1-3,12H;1-3,12H,11H2. The van der Waals surface area contributed by atoms with Crippen LogP contribution in [-0.4, -0.2) is 15.1 Å². The number of nitro benzene ring substituents is 1. The summed E-state index contributed by atoms with van der Waals surface area (Å²) >= 11 is 0. The van der Waals surface area contributed by atoms with Crippen molar-refractivity contribution >= 4 is 11.4 Å². The van der Waals surface area contributed by atoms with Crippen molar-refractivity contribution < 1.29 is 41.5 Å². The summed E-state index contributed by atoms with van der Waals surface area (Å²) in [6.07, 6.45) is -9.36. The molecule has 0 heterocycles. The third kappa shape index (κ3) is 5.43. The first-order chi connectivity index (χ1) is 11.7. The minimum atomic E-state index is -4.85. The van der Waals surface area contributed by atoms with Crippen LogP contribution in [0.1, 0.15) is 11.1 Å². The molecule has 0 aromatic heterocycles. The van der Waals surface area contributed by atoms with E-state index in [9.17, 15) is 36.5 Å². The highest BCUT2D eigenvalue weighted by atomic mass is 19.4. The lowest BCUT2D eigenvalue weighted by atomic mass is 10.1. The molecule has 12 heteroatoms. The molecule has 0 aliphatic carbocycles. The summed E-state index contributed by atoms with van der Waals surface area (Å²) < 4.78 is 72.6. The Kier molecular flexibility index (Phi) is 5.92. The van der Waals surface area contributed by atoms with E-state index in [0.717, 1.165) is 18.2 Å². The maximum Gasteiger partial charge on any atom is 0.423 e. The molecule has 0 saturated carbocycles. The first kappa shape index (κ1) is 20.9. The molecule has 0 unspecified atom stereocenters. The predicted molar refractivity (Wildman–Crippen MR) is 77.3 cm³/mol. The van der Waals surface area contributed by atoms with Gasteiger partial charge in [0.25, 0.3) is 5.69 Å². The van der Waals surface area contributed by atoms with Crippen molar-refractivity contribution in [3.8, 4) is 11.5 Å². The smallest absolute Gasteiger partial charge is 0.423 e. The number of hydrogen-bond donors (Lipinski definition) is 3. The fraction of sp³-hybridized carbons (Fsp3) is 0.143. The van der Waals surface area contributed by atoms with E-state index in [1.165, 1.54) is 0 Å². The largest absolute Gasteiger partial charge is 0.508 e. The lowest BCUT2D eigenvalue weighted by Gasteiger charge is -2.09. The van der Waals surface area contributed by atoms with Gasteiger partial charge in [-0.2, -0.15) is 26.3 Å². The normalized spacial score (nSPS) is 11.5. The van der Waals surface area contributed by atoms with Gasteiger partial charge in [0.05, 0.1) is 10.5 Å². The average Bonchev–Trinajstić information content (AvgIpc) is 2.48. The topological polar surface area (TPSA) is 110 Å². The molecule has 0 radical (unpaired) electrons. The number of nitrogen functional groups attached to an aromatic ring is 1. The summed E-state index contributed by atoms with van der Waals surface area (Å²) in [6.45, 7) is 0. The van der Waals surface area contributed by atoms with Crippen LogP contribution in [0.3, 0.4) is 0 Å². The maximum absolute atomic E-state index is 12.2. The molecule has 2 aromatic carbocycles. The molecule has 142 valence electrons. The van der Waals surface area contributed by atoms with Gasteiger partial charge >= 0.3 is 12.4 Å². The van der Waals surface area contributed by atoms with Crippen molar-refractivity contribution in [2.75, 3.05) is 5.73 Å². The predicted octanol–water partition coefficient (Wildman–Crippen LogP) is 4.31. The molecule has 0 aliphatic heterocycles. The number of nitrogens with two attached hydrogens (primary N) is 1. The number of aromatic hydroxyl groups is 2. The van der Waals surface area contributed by atoms with E-state index in [-0.39, 0.29) is 5.69 Å². The van der Waals surface area contributed by atoms with Crippen molar-refractivity contribution in [1.82, 2.24) is 0 Å². The molecule has 0 spiro atoms. The molecule has 0 saturated heterocycles. The van der Waals surface area contributed by atoms with Crippen LogP contribution in [0.4, 0.5) is 37.7 Å². The number of alkyl halides is 6.